The van der Waals surface area contributed by atoms with Crippen molar-refractivity contribution in [3.8, 4) is 0 Å². The molecular formula is C13H23F3N2O. The van der Waals surface area contributed by atoms with E-state index >= 15 is 0 Å². The number of hydrogen-bond donors (Lipinski definition) is 1. The molecule has 0 bridgehead atoms. The van der Waals surface area contributed by atoms with Gasteiger partial charge in [0.25, 0.3) is 0 Å². The van der Waals surface area contributed by atoms with Gasteiger partial charge in [-0.05, 0) is 30.7 Å². The lowest BCUT2D eigenvalue weighted by Crippen LogP contribution is -2.46. The zero-order valence-electron chi connectivity index (χ0n) is 11.6. The summed E-state index contributed by atoms with van der Waals surface area (Å²) < 4.78 is 37.5. The van der Waals surface area contributed by atoms with Gasteiger partial charge in [-0.25, -0.2) is 0 Å². The Bertz CT molecular complexity index is 306. The molecule has 0 atom stereocenters. The molecule has 0 spiro atoms. The number of halogens is 3. The van der Waals surface area contributed by atoms with Crippen LogP contribution in [0.1, 0.15) is 39.5 Å². The first-order chi connectivity index (χ1) is 8.67. The number of alkyl halides is 3. The van der Waals surface area contributed by atoms with Gasteiger partial charge in [0.15, 0.2) is 0 Å². The van der Waals surface area contributed by atoms with Gasteiger partial charge in [0.05, 0.1) is 0 Å². The van der Waals surface area contributed by atoms with Gasteiger partial charge in [-0.15, -0.1) is 0 Å². The summed E-state index contributed by atoms with van der Waals surface area (Å²) in [6.07, 6.45) is -1.51. The minimum atomic E-state index is -4.35. The van der Waals surface area contributed by atoms with Gasteiger partial charge in [0, 0.05) is 13.0 Å². The van der Waals surface area contributed by atoms with Crippen molar-refractivity contribution in [3.05, 3.63) is 0 Å². The summed E-state index contributed by atoms with van der Waals surface area (Å²) in [5, 5.41) is 0. The van der Waals surface area contributed by atoms with E-state index in [-0.39, 0.29) is 24.3 Å². The molecule has 0 aromatic heterocycles. The smallest absolute Gasteiger partial charge is 0.333 e. The van der Waals surface area contributed by atoms with Crippen LogP contribution in [-0.2, 0) is 4.79 Å². The standard InChI is InChI=1S/C13H23F3N2O/c1-10(2)7-18(9-13(14,15)16)11(19)6-12(8-17)4-3-5-12/h10H,3-9,17H2,1-2H3. The molecule has 0 aromatic carbocycles. The third kappa shape index (κ3) is 5.01. The normalized spacial score (nSPS) is 18.3. The lowest BCUT2D eigenvalue weighted by molar-refractivity contribution is -0.164. The Morgan fingerprint density at radius 3 is 2.26 bits per heavy atom. The van der Waals surface area contributed by atoms with E-state index in [0.717, 1.165) is 24.2 Å². The first kappa shape index (κ1) is 16.3. The van der Waals surface area contributed by atoms with E-state index in [1.165, 1.54) is 0 Å². The molecule has 0 radical (unpaired) electrons. The van der Waals surface area contributed by atoms with Gasteiger partial charge in [-0.3, -0.25) is 4.79 Å². The largest absolute Gasteiger partial charge is 0.406 e. The number of nitrogens with zero attached hydrogens (tertiary/aromatic N) is 1. The first-order valence-electron chi connectivity index (χ1n) is 6.72. The molecule has 3 nitrogen and oxygen atoms in total. The van der Waals surface area contributed by atoms with Gasteiger partial charge in [-0.2, -0.15) is 13.2 Å². The predicted molar refractivity (Wildman–Crippen MR) is 67.4 cm³/mol. The summed E-state index contributed by atoms with van der Waals surface area (Å²) in [4.78, 5) is 13.0. The molecule has 1 rings (SSSR count). The van der Waals surface area contributed by atoms with Crippen molar-refractivity contribution >= 4 is 5.91 Å². The molecule has 0 aliphatic heterocycles. The SMILES string of the molecule is CC(C)CN(CC(F)(F)F)C(=O)CC1(CN)CCC1. The van der Waals surface area contributed by atoms with Crippen molar-refractivity contribution in [2.45, 2.75) is 45.7 Å². The number of carbonyl (C=O) groups is 1. The molecule has 19 heavy (non-hydrogen) atoms. The average Bonchev–Trinajstić information content (AvgIpc) is 2.19. The Kier molecular flexibility index (Phi) is 5.24. The third-order valence-corrected chi connectivity index (χ3v) is 3.68. The molecule has 0 heterocycles. The minimum absolute atomic E-state index is 0.0153. The predicted octanol–water partition coefficient (Wildman–Crippen LogP) is 2.55. The van der Waals surface area contributed by atoms with Gasteiger partial charge in [0.1, 0.15) is 6.54 Å². The van der Waals surface area contributed by atoms with Crippen LogP contribution in [0.5, 0.6) is 0 Å². The van der Waals surface area contributed by atoms with E-state index in [0.29, 0.717) is 6.54 Å². The van der Waals surface area contributed by atoms with Crippen LogP contribution in [0.4, 0.5) is 13.2 Å². The van der Waals surface area contributed by atoms with Crippen LogP contribution in [0.25, 0.3) is 0 Å². The molecule has 1 amide bonds. The highest BCUT2D eigenvalue weighted by Crippen LogP contribution is 2.43. The minimum Gasteiger partial charge on any atom is -0.333 e. The lowest BCUT2D eigenvalue weighted by atomic mass is 9.66. The Balaban J connectivity index is 2.65. The number of nitrogens with two attached hydrogens (primary N) is 1. The summed E-state index contributed by atoms with van der Waals surface area (Å²) in [6, 6.07) is 0. The van der Waals surface area contributed by atoms with Crippen LogP contribution in [0, 0.1) is 11.3 Å². The maximum Gasteiger partial charge on any atom is 0.406 e. The summed E-state index contributed by atoms with van der Waals surface area (Å²) in [7, 11) is 0. The second-order valence-corrected chi connectivity index (χ2v) is 6.02. The van der Waals surface area contributed by atoms with Crippen LogP contribution >= 0.6 is 0 Å². The summed E-state index contributed by atoms with van der Waals surface area (Å²) in [6.45, 7) is 2.96. The van der Waals surface area contributed by atoms with Crippen LogP contribution in [0.2, 0.25) is 0 Å². The topological polar surface area (TPSA) is 46.3 Å². The highest BCUT2D eigenvalue weighted by molar-refractivity contribution is 5.77. The molecule has 2 N–H and O–H groups in total. The van der Waals surface area contributed by atoms with Crippen molar-refractivity contribution < 1.29 is 18.0 Å². The summed E-state index contributed by atoms with van der Waals surface area (Å²) in [5.41, 5.74) is 5.40. The zero-order valence-corrected chi connectivity index (χ0v) is 11.6. The van der Waals surface area contributed by atoms with E-state index in [1.807, 2.05) is 0 Å². The average molecular weight is 280 g/mol. The Hall–Kier alpha value is -0.780. The Morgan fingerprint density at radius 2 is 1.95 bits per heavy atom. The van der Waals surface area contributed by atoms with Crippen LogP contribution in [0.3, 0.4) is 0 Å². The molecule has 1 saturated carbocycles. The van der Waals surface area contributed by atoms with E-state index in [9.17, 15) is 18.0 Å². The molecule has 0 aromatic rings. The fourth-order valence-electron chi connectivity index (χ4n) is 2.47. The van der Waals surface area contributed by atoms with Crippen molar-refractivity contribution in [1.82, 2.24) is 4.90 Å². The third-order valence-electron chi connectivity index (χ3n) is 3.68. The molecule has 0 unspecified atom stereocenters. The molecule has 6 heteroatoms. The maximum atomic E-state index is 12.5. The monoisotopic (exact) mass is 280 g/mol. The van der Waals surface area contributed by atoms with Crippen LogP contribution in [-0.4, -0.2) is 36.6 Å². The fourth-order valence-corrected chi connectivity index (χ4v) is 2.47. The van der Waals surface area contributed by atoms with Crippen molar-refractivity contribution in [3.63, 3.8) is 0 Å². The highest BCUT2D eigenvalue weighted by Gasteiger charge is 2.40. The van der Waals surface area contributed by atoms with Crippen molar-refractivity contribution in [2.24, 2.45) is 17.1 Å². The number of hydrogen-bond acceptors (Lipinski definition) is 2. The first-order valence-corrected chi connectivity index (χ1v) is 6.72. The molecule has 112 valence electrons. The lowest BCUT2D eigenvalue weighted by Gasteiger charge is -2.41. The van der Waals surface area contributed by atoms with Crippen LogP contribution < -0.4 is 5.73 Å². The van der Waals surface area contributed by atoms with Crippen LogP contribution in [0.15, 0.2) is 0 Å². The van der Waals surface area contributed by atoms with Gasteiger partial charge >= 0.3 is 6.18 Å². The molecule has 1 aliphatic rings. The number of rotatable bonds is 6. The molecule has 1 aliphatic carbocycles. The van der Waals surface area contributed by atoms with Crippen molar-refractivity contribution in [2.75, 3.05) is 19.6 Å². The number of carbonyl (C=O) groups excluding carboxylic acids is 1. The van der Waals surface area contributed by atoms with Gasteiger partial charge in [-0.1, -0.05) is 20.3 Å². The zero-order chi connectivity index (χ0) is 14.7. The summed E-state index contributed by atoms with van der Waals surface area (Å²) >= 11 is 0. The fraction of sp³-hybridized carbons (Fsp3) is 0.923. The highest BCUT2D eigenvalue weighted by atomic mass is 19.4. The van der Waals surface area contributed by atoms with E-state index < -0.39 is 18.6 Å². The van der Waals surface area contributed by atoms with E-state index in [1.54, 1.807) is 13.8 Å². The Morgan fingerprint density at radius 1 is 1.37 bits per heavy atom. The number of amides is 1. The maximum absolute atomic E-state index is 12.5. The van der Waals surface area contributed by atoms with Gasteiger partial charge < -0.3 is 10.6 Å². The quantitative estimate of drug-likeness (QED) is 0.812. The van der Waals surface area contributed by atoms with E-state index in [2.05, 4.69) is 0 Å². The molecular weight excluding hydrogens is 257 g/mol. The van der Waals surface area contributed by atoms with Crippen molar-refractivity contribution in [1.29, 1.82) is 0 Å². The van der Waals surface area contributed by atoms with E-state index in [4.69, 9.17) is 5.73 Å². The van der Waals surface area contributed by atoms with Gasteiger partial charge in [0.2, 0.25) is 5.91 Å². The second kappa shape index (κ2) is 6.11. The molecule has 0 saturated heterocycles. The Labute approximate surface area is 112 Å². The molecule has 1 fully saturated rings. The second-order valence-electron chi connectivity index (χ2n) is 6.02. The summed E-state index contributed by atoms with van der Waals surface area (Å²) in [5.74, 6) is -0.405.